The number of unbranched alkanes of at least 4 members (excludes halogenated alkanes) is 1. The van der Waals surface area contributed by atoms with E-state index in [2.05, 4.69) is 12.2 Å². The average molecular weight is 229 g/mol. The van der Waals surface area contributed by atoms with Gasteiger partial charge in [0.25, 0.3) is 0 Å². The van der Waals surface area contributed by atoms with Crippen molar-refractivity contribution >= 4 is 0 Å². The Morgan fingerprint density at radius 3 is 2.75 bits per heavy atom. The Kier molecular flexibility index (Phi) is 7.81. The molecule has 0 aromatic heterocycles. The van der Waals surface area contributed by atoms with Gasteiger partial charge >= 0.3 is 0 Å². The molecule has 0 aromatic rings. The van der Waals surface area contributed by atoms with Gasteiger partial charge in [0.05, 0.1) is 0 Å². The van der Waals surface area contributed by atoms with Crippen LogP contribution in [0.2, 0.25) is 0 Å². The Balaban J connectivity index is 1.95. The zero-order valence-corrected chi connectivity index (χ0v) is 10.8. The number of methoxy groups -OCH3 is 1. The topological polar surface area (TPSA) is 30.5 Å². The number of hydrogen-bond donors (Lipinski definition) is 1. The third kappa shape index (κ3) is 6.46. The van der Waals surface area contributed by atoms with E-state index in [1.54, 1.807) is 7.11 Å². The molecule has 0 spiro atoms. The van der Waals surface area contributed by atoms with Crippen molar-refractivity contribution in [3.05, 3.63) is 0 Å². The molecule has 16 heavy (non-hydrogen) atoms. The lowest BCUT2D eigenvalue weighted by Gasteiger charge is -2.25. The van der Waals surface area contributed by atoms with E-state index < -0.39 is 0 Å². The van der Waals surface area contributed by atoms with Gasteiger partial charge in [0.1, 0.15) is 0 Å². The van der Waals surface area contributed by atoms with Gasteiger partial charge in [-0.3, -0.25) is 0 Å². The van der Waals surface area contributed by atoms with Gasteiger partial charge in [-0.2, -0.15) is 0 Å². The minimum Gasteiger partial charge on any atom is -0.385 e. The first kappa shape index (κ1) is 13.9. The van der Waals surface area contributed by atoms with E-state index in [0.29, 0.717) is 6.04 Å². The first-order valence-corrected chi connectivity index (χ1v) is 6.63. The molecular formula is C13H27NO2. The fourth-order valence-corrected chi connectivity index (χ4v) is 2.29. The first-order chi connectivity index (χ1) is 7.83. The summed E-state index contributed by atoms with van der Waals surface area (Å²) in [5.74, 6) is 0.871. The molecule has 0 amide bonds. The van der Waals surface area contributed by atoms with E-state index in [4.69, 9.17) is 9.47 Å². The maximum absolute atomic E-state index is 5.37. The van der Waals surface area contributed by atoms with Crippen LogP contribution in [0.25, 0.3) is 0 Å². The maximum Gasteiger partial charge on any atom is 0.0468 e. The Hall–Kier alpha value is -0.120. The lowest BCUT2D eigenvalue weighted by molar-refractivity contribution is 0.0611. The van der Waals surface area contributed by atoms with Gasteiger partial charge in [-0.15, -0.1) is 0 Å². The van der Waals surface area contributed by atoms with E-state index in [1.165, 1.54) is 25.7 Å². The van der Waals surface area contributed by atoms with Crippen LogP contribution in [0.3, 0.4) is 0 Å². The molecule has 1 atom stereocenters. The van der Waals surface area contributed by atoms with Crippen LogP contribution in [0.15, 0.2) is 0 Å². The van der Waals surface area contributed by atoms with Crippen LogP contribution in [0.4, 0.5) is 0 Å². The van der Waals surface area contributed by atoms with Gasteiger partial charge in [0, 0.05) is 33.0 Å². The van der Waals surface area contributed by atoms with E-state index in [0.717, 1.165) is 38.7 Å². The molecule has 3 nitrogen and oxygen atoms in total. The summed E-state index contributed by atoms with van der Waals surface area (Å²) in [4.78, 5) is 0. The third-order valence-corrected chi connectivity index (χ3v) is 3.30. The fourth-order valence-electron chi connectivity index (χ4n) is 2.29. The molecule has 0 aliphatic carbocycles. The van der Waals surface area contributed by atoms with Crippen molar-refractivity contribution in [3.8, 4) is 0 Å². The summed E-state index contributed by atoms with van der Waals surface area (Å²) in [5, 5.41) is 3.59. The van der Waals surface area contributed by atoms with Crippen LogP contribution >= 0.6 is 0 Å². The lowest BCUT2D eigenvalue weighted by atomic mass is 9.93. The molecular weight excluding hydrogens is 202 g/mol. The van der Waals surface area contributed by atoms with Crippen LogP contribution in [0, 0.1) is 5.92 Å². The van der Waals surface area contributed by atoms with Crippen molar-refractivity contribution in [2.45, 2.75) is 45.1 Å². The number of nitrogens with one attached hydrogen (secondary N) is 1. The summed E-state index contributed by atoms with van der Waals surface area (Å²) in [6.07, 6.45) is 6.17. The van der Waals surface area contributed by atoms with Gasteiger partial charge in [-0.1, -0.05) is 0 Å². The van der Waals surface area contributed by atoms with Crippen LogP contribution < -0.4 is 5.32 Å². The second kappa shape index (κ2) is 8.97. The van der Waals surface area contributed by atoms with Crippen molar-refractivity contribution in [1.82, 2.24) is 5.32 Å². The van der Waals surface area contributed by atoms with Crippen LogP contribution in [0.5, 0.6) is 0 Å². The Bertz CT molecular complexity index is 158. The molecule has 0 saturated carbocycles. The molecule has 1 aliphatic heterocycles. The molecule has 0 aromatic carbocycles. The molecule has 0 bridgehead atoms. The average Bonchev–Trinajstić information content (AvgIpc) is 2.30. The van der Waals surface area contributed by atoms with Crippen LogP contribution in [-0.4, -0.2) is 39.5 Å². The molecule has 1 fully saturated rings. The smallest absolute Gasteiger partial charge is 0.0468 e. The van der Waals surface area contributed by atoms with E-state index in [1.807, 2.05) is 0 Å². The zero-order valence-electron chi connectivity index (χ0n) is 10.8. The second-order valence-electron chi connectivity index (χ2n) is 4.85. The summed E-state index contributed by atoms with van der Waals surface area (Å²) >= 11 is 0. The van der Waals surface area contributed by atoms with Gasteiger partial charge in [0.15, 0.2) is 0 Å². The normalized spacial score (nSPS) is 19.9. The standard InChI is InChI=1S/C13H27NO2/c1-12(14-7-3-4-8-15-2)11-13-5-9-16-10-6-13/h12-14H,3-11H2,1-2H3. The van der Waals surface area contributed by atoms with E-state index in [-0.39, 0.29) is 0 Å². The maximum atomic E-state index is 5.37. The van der Waals surface area contributed by atoms with Crippen LogP contribution in [0.1, 0.15) is 39.0 Å². The summed E-state index contributed by atoms with van der Waals surface area (Å²) in [7, 11) is 1.77. The summed E-state index contributed by atoms with van der Waals surface area (Å²) in [5.41, 5.74) is 0. The van der Waals surface area contributed by atoms with Crippen molar-refractivity contribution in [2.75, 3.05) is 33.5 Å². The zero-order chi connectivity index (χ0) is 11.6. The summed E-state index contributed by atoms with van der Waals surface area (Å²) < 4.78 is 10.4. The molecule has 1 heterocycles. The van der Waals surface area contributed by atoms with Crippen molar-refractivity contribution in [3.63, 3.8) is 0 Å². The first-order valence-electron chi connectivity index (χ1n) is 6.63. The monoisotopic (exact) mass is 229 g/mol. The predicted octanol–water partition coefficient (Wildman–Crippen LogP) is 2.21. The Labute approximate surface area is 99.9 Å². The summed E-state index contributed by atoms with van der Waals surface area (Å²) in [6.45, 7) is 6.23. The van der Waals surface area contributed by atoms with Crippen molar-refractivity contribution < 1.29 is 9.47 Å². The molecule has 3 heteroatoms. The highest BCUT2D eigenvalue weighted by Gasteiger charge is 2.16. The SMILES string of the molecule is COCCCCNC(C)CC1CCOCC1. The van der Waals surface area contributed by atoms with E-state index in [9.17, 15) is 0 Å². The minimum absolute atomic E-state index is 0.644. The number of hydrogen-bond acceptors (Lipinski definition) is 3. The van der Waals surface area contributed by atoms with Gasteiger partial charge < -0.3 is 14.8 Å². The minimum atomic E-state index is 0.644. The van der Waals surface area contributed by atoms with Gasteiger partial charge in [0.2, 0.25) is 0 Å². The fraction of sp³-hybridized carbons (Fsp3) is 1.00. The molecule has 1 rings (SSSR count). The molecule has 1 unspecified atom stereocenters. The highest BCUT2D eigenvalue weighted by molar-refractivity contribution is 4.70. The van der Waals surface area contributed by atoms with E-state index >= 15 is 0 Å². The Morgan fingerprint density at radius 1 is 1.31 bits per heavy atom. The van der Waals surface area contributed by atoms with Crippen LogP contribution in [-0.2, 0) is 9.47 Å². The van der Waals surface area contributed by atoms with Crippen molar-refractivity contribution in [2.24, 2.45) is 5.92 Å². The quantitative estimate of drug-likeness (QED) is 0.647. The molecule has 1 aliphatic rings. The second-order valence-corrected chi connectivity index (χ2v) is 4.85. The van der Waals surface area contributed by atoms with Gasteiger partial charge in [-0.05, 0) is 51.5 Å². The molecule has 0 radical (unpaired) electrons. The Morgan fingerprint density at radius 2 is 2.06 bits per heavy atom. The molecule has 1 N–H and O–H groups in total. The summed E-state index contributed by atoms with van der Waals surface area (Å²) in [6, 6.07) is 0.644. The predicted molar refractivity (Wildman–Crippen MR) is 66.7 cm³/mol. The molecule has 1 saturated heterocycles. The third-order valence-electron chi connectivity index (χ3n) is 3.30. The highest BCUT2D eigenvalue weighted by atomic mass is 16.5. The van der Waals surface area contributed by atoms with Crippen molar-refractivity contribution in [1.29, 1.82) is 0 Å². The lowest BCUT2D eigenvalue weighted by Crippen LogP contribution is -2.31. The van der Waals surface area contributed by atoms with Gasteiger partial charge in [-0.25, -0.2) is 0 Å². The number of ether oxygens (including phenoxy) is 2. The highest BCUT2D eigenvalue weighted by Crippen LogP contribution is 2.19. The molecule has 96 valence electrons. The number of rotatable bonds is 8. The largest absolute Gasteiger partial charge is 0.385 e.